The molecule has 5 heteroatoms. The van der Waals surface area contributed by atoms with Crippen molar-refractivity contribution in [3.05, 3.63) is 0 Å². The standard InChI is InChI=1S/C15H32O4S/c1-2-3-4-5-6-7-8-9-12-15(20(17,18)19)13-10-11-14-16/h15-16H,2-14H2,1H3,(H,17,18,19). The molecule has 0 heterocycles. The van der Waals surface area contributed by atoms with E-state index in [-0.39, 0.29) is 6.61 Å². The SMILES string of the molecule is CCCCCCCCCCC(CCCCO)S(=O)(=O)O. The van der Waals surface area contributed by atoms with Crippen molar-refractivity contribution >= 4 is 10.1 Å². The van der Waals surface area contributed by atoms with Crippen molar-refractivity contribution in [1.29, 1.82) is 0 Å². The Morgan fingerprint density at radius 2 is 1.25 bits per heavy atom. The van der Waals surface area contributed by atoms with Crippen molar-refractivity contribution in [2.24, 2.45) is 0 Å². The van der Waals surface area contributed by atoms with Crippen LogP contribution in [-0.4, -0.2) is 29.9 Å². The Balaban J connectivity index is 3.69. The molecule has 0 saturated heterocycles. The van der Waals surface area contributed by atoms with Crippen LogP contribution >= 0.6 is 0 Å². The number of hydrogen-bond acceptors (Lipinski definition) is 3. The Labute approximate surface area is 124 Å². The van der Waals surface area contributed by atoms with Crippen molar-refractivity contribution in [3.8, 4) is 0 Å². The Bertz CT molecular complexity index is 301. The molecule has 0 aromatic carbocycles. The maximum Gasteiger partial charge on any atom is 0.267 e. The lowest BCUT2D eigenvalue weighted by Gasteiger charge is -2.13. The van der Waals surface area contributed by atoms with Crippen LogP contribution in [0.1, 0.15) is 84.0 Å². The van der Waals surface area contributed by atoms with Crippen molar-refractivity contribution in [2.45, 2.75) is 89.2 Å². The molecule has 122 valence electrons. The van der Waals surface area contributed by atoms with E-state index < -0.39 is 15.4 Å². The number of rotatable bonds is 14. The van der Waals surface area contributed by atoms with Crippen LogP contribution in [0, 0.1) is 0 Å². The molecule has 0 aliphatic carbocycles. The average molecular weight is 308 g/mol. The van der Waals surface area contributed by atoms with Crippen LogP contribution in [0.4, 0.5) is 0 Å². The zero-order chi connectivity index (χ0) is 15.3. The van der Waals surface area contributed by atoms with E-state index in [0.29, 0.717) is 25.7 Å². The molecule has 4 nitrogen and oxygen atoms in total. The van der Waals surface area contributed by atoms with E-state index >= 15 is 0 Å². The summed E-state index contributed by atoms with van der Waals surface area (Å²) in [6.07, 6.45) is 11.6. The fourth-order valence-corrected chi connectivity index (χ4v) is 3.36. The average Bonchev–Trinajstić information content (AvgIpc) is 2.38. The van der Waals surface area contributed by atoms with E-state index in [1.165, 1.54) is 32.1 Å². The highest BCUT2D eigenvalue weighted by Gasteiger charge is 2.21. The first kappa shape index (κ1) is 19.9. The number of hydrogen-bond donors (Lipinski definition) is 2. The maximum atomic E-state index is 11.3. The molecule has 0 aliphatic rings. The number of aliphatic hydroxyl groups is 1. The van der Waals surface area contributed by atoms with E-state index in [1.807, 2.05) is 0 Å². The summed E-state index contributed by atoms with van der Waals surface area (Å²) in [4.78, 5) is 0. The Morgan fingerprint density at radius 3 is 1.70 bits per heavy atom. The molecule has 0 spiro atoms. The zero-order valence-electron chi connectivity index (χ0n) is 12.9. The van der Waals surface area contributed by atoms with Crippen LogP contribution in [0.2, 0.25) is 0 Å². The zero-order valence-corrected chi connectivity index (χ0v) is 13.7. The molecule has 2 N–H and O–H groups in total. The van der Waals surface area contributed by atoms with Gasteiger partial charge in [0, 0.05) is 6.61 Å². The first-order valence-electron chi connectivity index (χ1n) is 8.09. The molecule has 0 bridgehead atoms. The molecule has 1 atom stereocenters. The summed E-state index contributed by atoms with van der Waals surface area (Å²) in [7, 11) is -3.93. The van der Waals surface area contributed by atoms with E-state index in [1.54, 1.807) is 0 Å². The summed E-state index contributed by atoms with van der Waals surface area (Å²) in [6, 6.07) is 0. The highest BCUT2D eigenvalue weighted by molar-refractivity contribution is 7.86. The van der Waals surface area contributed by atoms with E-state index in [9.17, 15) is 13.0 Å². The molecule has 0 fully saturated rings. The smallest absolute Gasteiger partial charge is 0.267 e. The monoisotopic (exact) mass is 308 g/mol. The lowest BCUT2D eigenvalue weighted by molar-refractivity contribution is 0.281. The van der Waals surface area contributed by atoms with Crippen molar-refractivity contribution < 1.29 is 18.1 Å². The van der Waals surface area contributed by atoms with Gasteiger partial charge < -0.3 is 5.11 Å². The molecule has 0 amide bonds. The van der Waals surface area contributed by atoms with Gasteiger partial charge in [-0.1, -0.05) is 58.3 Å². The number of aliphatic hydroxyl groups excluding tert-OH is 1. The molecular formula is C15H32O4S. The van der Waals surface area contributed by atoms with Crippen LogP contribution in [-0.2, 0) is 10.1 Å². The fraction of sp³-hybridized carbons (Fsp3) is 1.00. The third-order valence-electron chi connectivity index (χ3n) is 3.74. The summed E-state index contributed by atoms with van der Waals surface area (Å²) < 4.78 is 31.7. The van der Waals surface area contributed by atoms with Gasteiger partial charge in [-0.15, -0.1) is 0 Å². The van der Waals surface area contributed by atoms with E-state index in [4.69, 9.17) is 5.11 Å². The molecule has 0 aromatic rings. The van der Waals surface area contributed by atoms with Gasteiger partial charge >= 0.3 is 0 Å². The van der Waals surface area contributed by atoms with Crippen molar-refractivity contribution in [1.82, 2.24) is 0 Å². The predicted molar refractivity (Wildman–Crippen MR) is 83.5 cm³/mol. The van der Waals surface area contributed by atoms with Gasteiger partial charge in [-0.25, -0.2) is 0 Å². The second-order valence-corrected chi connectivity index (χ2v) is 7.32. The van der Waals surface area contributed by atoms with Gasteiger partial charge in [0.1, 0.15) is 0 Å². The molecule has 0 radical (unpaired) electrons. The Morgan fingerprint density at radius 1 is 0.800 bits per heavy atom. The van der Waals surface area contributed by atoms with Crippen LogP contribution in [0.15, 0.2) is 0 Å². The van der Waals surface area contributed by atoms with Crippen LogP contribution in [0.5, 0.6) is 0 Å². The second-order valence-electron chi connectivity index (χ2n) is 5.62. The quantitative estimate of drug-likeness (QED) is 0.376. The molecule has 0 aliphatic heterocycles. The van der Waals surface area contributed by atoms with Gasteiger partial charge in [0.15, 0.2) is 0 Å². The summed E-state index contributed by atoms with van der Waals surface area (Å²) in [5.74, 6) is 0. The van der Waals surface area contributed by atoms with E-state index in [2.05, 4.69) is 6.92 Å². The third kappa shape index (κ3) is 11.7. The van der Waals surface area contributed by atoms with Gasteiger partial charge in [0.2, 0.25) is 0 Å². The first-order chi connectivity index (χ1) is 9.52. The lowest BCUT2D eigenvalue weighted by atomic mass is 10.0. The van der Waals surface area contributed by atoms with Crippen LogP contribution in [0.25, 0.3) is 0 Å². The molecule has 0 saturated carbocycles. The van der Waals surface area contributed by atoms with Crippen molar-refractivity contribution in [2.75, 3.05) is 6.61 Å². The lowest BCUT2D eigenvalue weighted by Crippen LogP contribution is -2.20. The van der Waals surface area contributed by atoms with Gasteiger partial charge in [0.05, 0.1) is 5.25 Å². The highest BCUT2D eigenvalue weighted by Crippen LogP contribution is 2.18. The molecule has 0 aromatic heterocycles. The normalized spacial score (nSPS) is 13.6. The number of unbranched alkanes of at least 4 members (excludes halogenated alkanes) is 8. The molecule has 20 heavy (non-hydrogen) atoms. The molecule has 1 unspecified atom stereocenters. The highest BCUT2D eigenvalue weighted by atomic mass is 32.2. The van der Waals surface area contributed by atoms with E-state index in [0.717, 1.165) is 19.3 Å². The third-order valence-corrected chi connectivity index (χ3v) is 5.05. The topological polar surface area (TPSA) is 74.6 Å². The second kappa shape index (κ2) is 12.6. The molecular weight excluding hydrogens is 276 g/mol. The minimum absolute atomic E-state index is 0.0793. The maximum absolute atomic E-state index is 11.3. The van der Waals surface area contributed by atoms with Crippen molar-refractivity contribution in [3.63, 3.8) is 0 Å². The predicted octanol–water partition coefficient (Wildman–Crippen LogP) is 3.94. The summed E-state index contributed by atoms with van der Waals surface area (Å²) in [6.45, 7) is 2.28. The fourth-order valence-electron chi connectivity index (χ4n) is 2.43. The summed E-state index contributed by atoms with van der Waals surface area (Å²) >= 11 is 0. The molecule has 0 rings (SSSR count). The largest absolute Gasteiger partial charge is 0.396 e. The Kier molecular flexibility index (Phi) is 12.5. The summed E-state index contributed by atoms with van der Waals surface area (Å²) in [5.41, 5.74) is 0. The van der Waals surface area contributed by atoms with Gasteiger partial charge in [-0.3, -0.25) is 4.55 Å². The van der Waals surface area contributed by atoms with Crippen LogP contribution in [0.3, 0.4) is 0 Å². The first-order valence-corrected chi connectivity index (χ1v) is 9.59. The van der Waals surface area contributed by atoms with Gasteiger partial charge in [-0.2, -0.15) is 8.42 Å². The van der Waals surface area contributed by atoms with Gasteiger partial charge in [0.25, 0.3) is 10.1 Å². The van der Waals surface area contributed by atoms with Gasteiger partial charge in [-0.05, 0) is 25.7 Å². The minimum Gasteiger partial charge on any atom is -0.396 e. The summed E-state index contributed by atoms with van der Waals surface area (Å²) in [5, 5.41) is 8.06. The Hall–Kier alpha value is -0.130. The van der Waals surface area contributed by atoms with Crippen LogP contribution < -0.4 is 0 Å². The minimum atomic E-state index is -3.93.